The normalized spacial score (nSPS) is 13.3. The third kappa shape index (κ3) is 3.36. The number of benzene rings is 3. The predicted molar refractivity (Wildman–Crippen MR) is 108 cm³/mol. The highest BCUT2D eigenvalue weighted by atomic mass is 35.5. The summed E-state index contributed by atoms with van der Waals surface area (Å²) in [6.45, 7) is 0. The minimum Gasteiger partial charge on any atom is -0.325 e. The van der Waals surface area contributed by atoms with Crippen molar-refractivity contribution in [2.75, 3.05) is 11.6 Å². The second-order valence-corrected chi connectivity index (χ2v) is 8.95. The van der Waals surface area contributed by atoms with Gasteiger partial charge in [0.2, 0.25) is 5.91 Å². The van der Waals surface area contributed by atoms with Crippen molar-refractivity contribution in [2.45, 2.75) is 11.3 Å². The van der Waals surface area contributed by atoms with Crippen LogP contribution in [0.2, 0.25) is 5.02 Å². The molecule has 1 aliphatic rings. The quantitative estimate of drug-likeness (QED) is 0.704. The van der Waals surface area contributed by atoms with E-state index in [0.29, 0.717) is 21.9 Å². The lowest BCUT2D eigenvalue weighted by molar-refractivity contribution is -0.115. The van der Waals surface area contributed by atoms with E-state index in [1.54, 1.807) is 24.3 Å². The molecule has 0 saturated carbocycles. The van der Waals surface area contributed by atoms with Crippen molar-refractivity contribution in [3.05, 3.63) is 71.2 Å². The molecular weight excluding hydrogens is 382 g/mol. The van der Waals surface area contributed by atoms with Gasteiger partial charge >= 0.3 is 0 Å². The highest BCUT2D eigenvalue weighted by Gasteiger charge is 2.20. The second-order valence-electron chi connectivity index (χ2n) is 6.56. The number of halogens is 1. The molecule has 0 aliphatic carbocycles. The number of carbonyl (C=O) groups excluding carboxylic acids is 1. The fourth-order valence-corrected chi connectivity index (χ4v) is 4.51. The molecule has 1 heterocycles. The van der Waals surface area contributed by atoms with Gasteiger partial charge in [0.1, 0.15) is 0 Å². The molecule has 3 aromatic carbocycles. The highest BCUT2D eigenvalue weighted by Crippen LogP contribution is 2.37. The summed E-state index contributed by atoms with van der Waals surface area (Å²) in [5.41, 5.74) is 4.91. The minimum atomic E-state index is -3.32. The lowest BCUT2D eigenvalue weighted by atomic mass is 9.98. The molecule has 0 saturated heterocycles. The Kier molecular flexibility index (Phi) is 4.29. The summed E-state index contributed by atoms with van der Waals surface area (Å²) in [5.74, 6) is -0.0362. The van der Waals surface area contributed by atoms with E-state index >= 15 is 0 Å². The standard InChI is InChI=1S/C21H16ClNO3S/c1-27(25,26)20-5-3-2-4-16(20)13-6-8-14(9-7-13)17-10-15-11-21(24)23-19(15)12-18(17)22/h2-10,12H,11H2,1H3,(H,23,24). The molecule has 0 bridgehead atoms. The molecule has 0 aromatic heterocycles. The van der Waals surface area contributed by atoms with E-state index in [0.717, 1.165) is 27.9 Å². The first kappa shape index (κ1) is 17.8. The van der Waals surface area contributed by atoms with Crippen LogP contribution in [-0.4, -0.2) is 20.6 Å². The molecular formula is C21H16ClNO3S. The molecule has 4 nitrogen and oxygen atoms in total. The Morgan fingerprint density at radius 1 is 0.926 bits per heavy atom. The van der Waals surface area contributed by atoms with Gasteiger partial charge in [0.25, 0.3) is 0 Å². The zero-order valence-electron chi connectivity index (χ0n) is 14.5. The second kappa shape index (κ2) is 6.51. The zero-order valence-corrected chi connectivity index (χ0v) is 16.1. The number of fused-ring (bicyclic) bond motifs is 1. The summed E-state index contributed by atoms with van der Waals surface area (Å²) < 4.78 is 24.1. The third-order valence-electron chi connectivity index (χ3n) is 4.61. The fourth-order valence-electron chi connectivity index (χ4n) is 3.33. The van der Waals surface area contributed by atoms with E-state index in [2.05, 4.69) is 5.32 Å². The van der Waals surface area contributed by atoms with Crippen LogP contribution in [0.15, 0.2) is 65.6 Å². The van der Waals surface area contributed by atoms with Gasteiger partial charge in [0.05, 0.1) is 16.3 Å². The molecule has 3 aromatic rings. The third-order valence-corrected chi connectivity index (χ3v) is 6.08. The Morgan fingerprint density at radius 3 is 2.22 bits per heavy atom. The maximum atomic E-state index is 12.0. The lowest BCUT2D eigenvalue weighted by Crippen LogP contribution is -2.03. The van der Waals surface area contributed by atoms with E-state index < -0.39 is 9.84 Å². The van der Waals surface area contributed by atoms with Crippen LogP contribution in [0, 0.1) is 0 Å². The SMILES string of the molecule is CS(=O)(=O)c1ccccc1-c1ccc(-c2cc3c(cc2Cl)NC(=O)C3)cc1. The summed E-state index contributed by atoms with van der Waals surface area (Å²) in [6.07, 6.45) is 1.55. The summed E-state index contributed by atoms with van der Waals surface area (Å²) in [6, 6.07) is 18.2. The summed E-state index contributed by atoms with van der Waals surface area (Å²) in [4.78, 5) is 11.9. The van der Waals surface area contributed by atoms with Gasteiger partial charge in [-0.2, -0.15) is 0 Å². The van der Waals surface area contributed by atoms with Crippen LogP contribution in [0.3, 0.4) is 0 Å². The molecule has 1 aliphatic heterocycles. The number of sulfone groups is 1. The number of carbonyl (C=O) groups is 1. The van der Waals surface area contributed by atoms with Gasteiger partial charge in [-0.3, -0.25) is 4.79 Å². The van der Waals surface area contributed by atoms with Gasteiger partial charge in [-0.25, -0.2) is 8.42 Å². The van der Waals surface area contributed by atoms with Crippen LogP contribution >= 0.6 is 11.6 Å². The fraction of sp³-hybridized carbons (Fsp3) is 0.0952. The van der Waals surface area contributed by atoms with E-state index in [4.69, 9.17) is 11.6 Å². The Labute approximate surface area is 162 Å². The summed E-state index contributed by atoms with van der Waals surface area (Å²) in [5, 5.41) is 3.34. The molecule has 4 rings (SSSR count). The molecule has 0 radical (unpaired) electrons. The predicted octanol–water partition coefficient (Wildman–Crippen LogP) is 4.57. The van der Waals surface area contributed by atoms with Crippen LogP contribution in [-0.2, 0) is 21.1 Å². The molecule has 6 heteroatoms. The van der Waals surface area contributed by atoms with Crippen molar-refractivity contribution in [1.29, 1.82) is 0 Å². The topological polar surface area (TPSA) is 63.2 Å². The van der Waals surface area contributed by atoms with Crippen molar-refractivity contribution < 1.29 is 13.2 Å². The molecule has 0 atom stereocenters. The van der Waals surface area contributed by atoms with E-state index in [9.17, 15) is 13.2 Å². The number of rotatable bonds is 3. The van der Waals surface area contributed by atoms with Gasteiger partial charge in [0, 0.05) is 23.1 Å². The first-order valence-corrected chi connectivity index (χ1v) is 10.6. The lowest BCUT2D eigenvalue weighted by Gasteiger charge is -2.11. The average molecular weight is 398 g/mol. The van der Waals surface area contributed by atoms with Crippen molar-refractivity contribution >= 4 is 33.0 Å². The summed E-state index contributed by atoms with van der Waals surface area (Å²) in [7, 11) is -3.32. The first-order chi connectivity index (χ1) is 12.8. The largest absolute Gasteiger partial charge is 0.325 e. The van der Waals surface area contributed by atoms with Gasteiger partial charge < -0.3 is 5.32 Å². The summed E-state index contributed by atoms with van der Waals surface area (Å²) >= 11 is 6.40. The van der Waals surface area contributed by atoms with Crippen LogP contribution in [0.25, 0.3) is 22.3 Å². The van der Waals surface area contributed by atoms with Crippen molar-refractivity contribution in [3.8, 4) is 22.3 Å². The smallest absolute Gasteiger partial charge is 0.228 e. The van der Waals surface area contributed by atoms with Crippen molar-refractivity contribution in [3.63, 3.8) is 0 Å². The number of anilines is 1. The average Bonchev–Trinajstić information content (AvgIpc) is 2.99. The molecule has 0 spiro atoms. The van der Waals surface area contributed by atoms with Crippen LogP contribution in [0.5, 0.6) is 0 Å². The number of amides is 1. The zero-order chi connectivity index (χ0) is 19.2. The molecule has 0 fully saturated rings. The maximum Gasteiger partial charge on any atom is 0.228 e. The van der Waals surface area contributed by atoms with Gasteiger partial charge in [-0.05, 0) is 34.9 Å². The van der Waals surface area contributed by atoms with E-state index in [-0.39, 0.29) is 5.91 Å². The van der Waals surface area contributed by atoms with E-state index in [1.807, 2.05) is 36.4 Å². The maximum absolute atomic E-state index is 12.0. The van der Waals surface area contributed by atoms with Gasteiger partial charge in [-0.1, -0.05) is 54.1 Å². The molecule has 27 heavy (non-hydrogen) atoms. The Bertz CT molecular complexity index is 1170. The molecule has 1 amide bonds. The monoisotopic (exact) mass is 397 g/mol. The van der Waals surface area contributed by atoms with Gasteiger partial charge in [0.15, 0.2) is 9.84 Å². The van der Waals surface area contributed by atoms with Crippen LogP contribution in [0.4, 0.5) is 5.69 Å². The number of hydrogen-bond acceptors (Lipinski definition) is 3. The Hall–Kier alpha value is -2.63. The van der Waals surface area contributed by atoms with Crippen molar-refractivity contribution in [2.24, 2.45) is 0 Å². The highest BCUT2D eigenvalue weighted by molar-refractivity contribution is 7.90. The van der Waals surface area contributed by atoms with Gasteiger partial charge in [-0.15, -0.1) is 0 Å². The number of nitrogens with one attached hydrogen (secondary N) is 1. The van der Waals surface area contributed by atoms with Crippen LogP contribution in [0.1, 0.15) is 5.56 Å². The minimum absolute atomic E-state index is 0.0362. The van der Waals surface area contributed by atoms with Crippen LogP contribution < -0.4 is 5.32 Å². The first-order valence-electron chi connectivity index (χ1n) is 8.35. The van der Waals surface area contributed by atoms with Crippen molar-refractivity contribution in [1.82, 2.24) is 0 Å². The van der Waals surface area contributed by atoms with E-state index in [1.165, 1.54) is 6.26 Å². The molecule has 1 N–H and O–H groups in total. The number of hydrogen-bond donors (Lipinski definition) is 1. The Morgan fingerprint density at radius 2 is 1.56 bits per heavy atom. The Balaban J connectivity index is 1.75. The molecule has 0 unspecified atom stereocenters. The molecule has 136 valence electrons.